The van der Waals surface area contributed by atoms with E-state index < -0.39 is 17.7 Å². The molecular weight excluding hydrogens is 238 g/mol. The predicted molar refractivity (Wildman–Crippen MR) is 64.5 cm³/mol. The van der Waals surface area contributed by atoms with E-state index in [0.717, 1.165) is 50.3 Å². The van der Waals surface area contributed by atoms with Gasteiger partial charge in [-0.15, -0.1) is 0 Å². The Balaban J connectivity index is 2.05. The molecule has 1 N–H and O–H groups in total. The average Bonchev–Trinajstić information content (AvgIpc) is 2.28. The Labute approximate surface area is 106 Å². The van der Waals surface area contributed by atoms with Crippen LogP contribution in [0.3, 0.4) is 0 Å². The van der Waals surface area contributed by atoms with Gasteiger partial charge in [0.1, 0.15) is 23.5 Å². The van der Waals surface area contributed by atoms with Crippen LogP contribution in [0.15, 0.2) is 18.2 Å². The minimum atomic E-state index is -0.662. The van der Waals surface area contributed by atoms with Crippen LogP contribution in [0.25, 0.3) is 0 Å². The van der Waals surface area contributed by atoms with E-state index in [9.17, 15) is 13.9 Å². The minimum Gasteiger partial charge on any atom is -0.488 e. The van der Waals surface area contributed by atoms with Gasteiger partial charge in [0, 0.05) is 18.2 Å². The molecule has 2 nitrogen and oxygen atoms in total. The van der Waals surface area contributed by atoms with E-state index in [1.165, 1.54) is 0 Å². The molecule has 100 valence electrons. The Hall–Kier alpha value is -1.16. The molecule has 0 radical (unpaired) electrons. The lowest BCUT2D eigenvalue weighted by Gasteiger charge is -2.26. The summed E-state index contributed by atoms with van der Waals surface area (Å²) < 4.78 is 31.6. The molecule has 2 rings (SSSR count). The Bertz CT molecular complexity index is 375. The van der Waals surface area contributed by atoms with E-state index in [4.69, 9.17) is 4.74 Å². The summed E-state index contributed by atoms with van der Waals surface area (Å²) in [4.78, 5) is 0. The van der Waals surface area contributed by atoms with Crippen molar-refractivity contribution in [3.63, 3.8) is 0 Å². The summed E-state index contributed by atoms with van der Waals surface area (Å²) >= 11 is 0. The van der Waals surface area contributed by atoms with Gasteiger partial charge in [-0.05, 0) is 19.3 Å². The van der Waals surface area contributed by atoms with Gasteiger partial charge in [-0.2, -0.15) is 0 Å². The van der Waals surface area contributed by atoms with Gasteiger partial charge >= 0.3 is 0 Å². The maximum Gasteiger partial charge on any atom is 0.129 e. The lowest BCUT2D eigenvalue weighted by atomic mass is 9.96. The number of ether oxygens (including phenoxy) is 1. The molecule has 2 atom stereocenters. The summed E-state index contributed by atoms with van der Waals surface area (Å²) in [7, 11) is 0. The molecule has 1 aromatic carbocycles. The molecule has 18 heavy (non-hydrogen) atoms. The van der Waals surface area contributed by atoms with Crippen LogP contribution in [-0.2, 0) is 0 Å². The van der Waals surface area contributed by atoms with Crippen LogP contribution < -0.4 is 4.74 Å². The highest BCUT2D eigenvalue weighted by molar-refractivity contribution is 5.24. The number of aliphatic hydroxyl groups is 1. The first-order valence-corrected chi connectivity index (χ1v) is 6.46. The van der Waals surface area contributed by atoms with Crippen molar-refractivity contribution in [2.24, 2.45) is 0 Å². The molecule has 4 heteroatoms. The number of benzene rings is 1. The zero-order chi connectivity index (χ0) is 13.0. The fraction of sp³-hybridized carbons (Fsp3) is 0.571. The first kappa shape index (κ1) is 13.3. The Morgan fingerprint density at radius 2 is 1.56 bits per heavy atom. The van der Waals surface area contributed by atoms with Crippen LogP contribution in [0.1, 0.15) is 38.5 Å². The molecule has 0 spiro atoms. The summed E-state index contributed by atoms with van der Waals surface area (Å²) in [6, 6.07) is 3.10. The molecule has 1 saturated carbocycles. The molecule has 0 amide bonds. The van der Waals surface area contributed by atoms with Gasteiger partial charge in [0.25, 0.3) is 0 Å². The van der Waals surface area contributed by atoms with Gasteiger partial charge in [-0.25, -0.2) is 8.78 Å². The summed E-state index contributed by atoms with van der Waals surface area (Å²) in [5, 5.41) is 9.96. The van der Waals surface area contributed by atoms with Crippen molar-refractivity contribution >= 4 is 0 Å². The number of halogens is 2. The fourth-order valence-corrected chi connectivity index (χ4v) is 2.34. The number of hydrogen-bond acceptors (Lipinski definition) is 2. The van der Waals surface area contributed by atoms with Crippen LogP contribution in [0.4, 0.5) is 8.78 Å². The van der Waals surface area contributed by atoms with Crippen molar-refractivity contribution in [3.05, 3.63) is 29.8 Å². The molecule has 1 aliphatic carbocycles. The van der Waals surface area contributed by atoms with Crippen molar-refractivity contribution in [1.29, 1.82) is 0 Å². The molecule has 1 aromatic rings. The Kier molecular flexibility index (Phi) is 4.53. The van der Waals surface area contributed by atoms with Gasteiger partial charge in [0.05, 0.1) is 6.10 Å². The summed E-state index contributed by atoms with van der Waals surface area (Å²) in [6.45, 7) is 0. The largest absolute Gasteiger partial charge is 0.488 e. The Morgan fingerprint density at radius 3 is 2.22 bits per heavy atom. The molecule has 0 heterocycles. The molecule has 0 aromatic heterocycles. The van der Waals surface area contributed by atoms with E-state index in [1.807, 2.05) is 0 Å². The fourth-order valence-electron chi connectivity index (χ4n) is 2.34. The number of aliphatic hydroxyl groups excluding tert-OH is 1. The smallest absolute Gasteiger partial charge is 0.129 e. The first-order valence-electron chi connectivity index (χ1n) is 6.46. The molecule has 1 fully saturated rings. The second kappa shape index (κ2) is 6.14. The maximum atomic E-state index is 13.0. The zero-order valence-corrected chi connectivity index (χ0v) is 10.2. The van der Waals surface area contributed by atoms with E-state index in [-0.39, 0.29) is 11.9 Å². The minimum absolute atomic E-state index is 0.150. The molecule has 2 unspecified atom stereocenters. The summed E-state index contributed by atoms with van der Waals surface area (Å²) in [5.74, 6) is -1.17. The van der Waals surface area contributed by atoms with Crippen molar-refractivity contribution in [3.8, 4) is 5.75 Å². The normalized spacial score (nSPS) is 25.3. The topological polar surface area (TPSA) is 29.5 Å². The predicted octanol–water partition coefficient (Wildman–Crippen LogP) is 3.43. The first-order chi connectivity index (χ1) is 8.65. The third kappa shape index (κ3) is 3.67. The van der Waals surface area contributed by atoms with Gasteiger partial charge in [0.15, 0.2) is 0 Å². The van der Waals surface area contributed by atoms with Crippen LogP contribution in [-0.4, -0.2) is 17.3 Å². The maximum absolute atomic E-state index is 13.0. The molecule has 0 aliphatic heterocycles. The van der Waals surface area contributed by atoms with Gasteiger partial charge in [0.2, 0.25) is 0 Å². The third-order valence-electron chi connectivity index (χ3n) is 3.29. The lowest BCUT2D eigenvalue weighted by molar-refractivity contribution is 0.0184. The highest BCUT2D eigenvalue weighted by Gasteiger charge is 2.22. The molecular formula is C14H18F2O2. The quantitative estimate of drug-likeness (QED) is 0.878. The molecule has 0 saturated heterocycles. The third-order valence-corrected chi connectivity index (χ3v) is 3.29. The SMILES string of the molecule is OC1CCCCCCC1Oc1cc(F)cc(F)c1. The van der Waals surface area contributed by atoms with E-state index in [0.29, 0.717) is 6.42 Å². The number of rotatable bonds is 2. The van der Waals surface area contributed by atoms with Gasteiger partial charge in [-0.3, -0.25) is 0 Å². The van der Waals surface area contributed by atoms with Crippen molar-refractivity contribution in [2.75, 3.05) is 0 Å². The van der Waals surface area contributed by atoms with Gasteiger partial charge in [-0.1, -0.05) is 19.3 Å². The van der Waals surface area contributed by atoms with E-state index in [2.05, 4.69) is 0 Å². The summed E-state index contributed by atoms with van der Waals surface area (Å²) in [5.41, 5.74) is 0. The van der Waals surface area contributed by atoms with Crippen molar-refractivity contribution < 1.29 is 18.6 Å². The Morgan fingerprint density at radius 1 is 0.944 bits per heavy atom. The lowest BCUT2D eigenvalue weighted by Crippen LogP contribution is -2.32. The highest BCUT2D eigenvalue weighted by Crippen LogP contribution is 2.24. The molecule has 0 bridgehead atoms. The monoisotopic (exact) mass is 256 g/mol. The second-order valence-corrected chi connectivity index (χ2v) is 4.82. The second-order valence-electron chi connectivity index (χ2n) is 4.82. The van der Waals surface area contributed by atoms with E-state index in [1.54, 1.807) is 0 Å². The highest BCUT2D eigenvalue weighted by atomic mass is 19.1. The molecule has 1 aliphatic rings. The average molecular weight is 256 g/mol. The summed E-state index contributed by atoms with van der Waals surface area (Å²) in [6.07, 6.45) is 4.66. The number of hydrogen-bond donors (Lipinski definition) is 1. The van der Waals surface area contributed by atoms with Crippen LogP contribution >= 0.6 is 0 Å². The van der Waals surface area contributed by atoms with Crippen LogP contribution in [0.2, 0.25) is 0 Å². The van der Waals surface area contributed by atoms with Crippen molar-refractivity contribution in [1.82, 2.24) is 0 Å². The standard InChI is InChI=1S/C14H18F2O2/c15-10-7-11(16)9-12(8-10)18-14-6-4-2-1-3-5-13(14)17/h7-9,13-14,17H,1-6H2. The van der Waals surface area contributed by atoms with Gasteiger partial charge < -0.3 is 9.84 Å². The van der Waals surface area contributed by atoms with Crippen LogP contribution in [0, 0.1) is 11.6 Å². The zero-order valence-electron chi connectivity index (χ0n) is 10.2. The van der Waals surface area contributed by atoms with Crippen LogP contribution in [0.5, 0.6) is 5.75 Å². The van der Waals surface area contributed by atoms with E-state index >= 15 is 0 Å². The van der Waals surface area contributed by atoms with Crippen molar-refractivity contribution in [2.45, 2.75) is 50.7 Å².